The van der Waals surface area contributed by atoms with E-state index in [1.807, 2.05) is 13.8 Å². The summed E-state index contributed by atoms with van der Waals surface area (Å²) in [6.07, 6.45) is 9.25. The van der Waals surface area contributed by atoms with Gasteiger partial charge in [0.25, 0.3) is 0 Å². The van der Waals surface area contributed by atoms with Gasteiger partial charge in [-0.15, -0.1) is 0 Å². The Hall–Kier alpha value is -0.610. The minimum absolute atomic E-state index is 0.0248. The fraction of sp³-hybridized carbons (Fsp3) is 0.969. The van der Waals surface area contributed by atoms with Crippen LogP contribution in [0.15, 0.2) is 0 Å². The number of carbonyl (C=O) groups is 1. The van der Waals surface area contributed by atoms with Gasteiger partial charge in [0.15, 0.2) is 0 Å². The molecule has 0 spiro atoms. The second kappa shape index (κ2) is 7.96. The Bertz CT molecular complexity index is 904. The van der Waals surface area contributed by atoms with E-state index in [1.165, 1.54) is 26.2 Å². The Morgan fingerprint density at radius 1 is 0.861 bits per heavy atom. The Balaban J connectivity index is 1.62. The first-order valence-electron chi connectivity index (χ1n) is 15.0. The molecule has 5 aliphatic rings. The van der Waals surface area contributed by atoms with Crippen LogP contribution in [-0.2, 0) is 9.53 Å². The SMILES string of the molecule is CC(=O)O[C@H]1[C@@H](O)[C@]2(C)[C@H](CC[C@@H]3[C@@]4(C)CC[C@H](C(C)(C)O)[C@@H]4CC[C@]32C)[C@@]2(C)CCCC(C)(C)[C@H]12. The van der Waals surface area contributed by atoms with Crippen molar-refractivity contribution in [2.24, 2.45) is 56.7 Å². The molecule has 36 heavy (non-hydrogen) atoms. The van der Waals surface area contributed by atoms with Gasteiger partial charge in [-0.05, 0) is 111 Å². The van der Waals surface area contributed by atoms with Crippen LogP contribution in [0.4, 0.5) is 0 Å². The molecule has 5 aliphatic carbocycles. The van der Waals surface area contributed by atoms with Crippen LogP contribution < -0.4 is 0 Å². The van der Waals surface area contributed by atoms with Crippen molar-refractivity contribution >= 4 is 5.97 Å². The molecule has 0 bridgehead atoms. The Labute approximate surface area is 220 Å². The van der Waals surface area contributed by atoms with Crippen LogP contribution in [0.5, 0.6) is 0 Å². The van der Waals surface area contributed by atoms with E-state index >= 15 is 0 Å². The van der Waals surface area contributed by atoms with Crippen molar-refractivity contribution in [3.05, 3.63) is 0 Å². The van der Waals surface area contributed by atoms with E-state index in [0.29, 0.717) is 23.7 Å². The first kappa shape index (κ1) is 27.0. The quantitative estimate of drug-likeness (QED) is 0.409. The molecule has 0 aromatic carbocycles. The molecule has 0 unspecified atom stereocenters. The molecular formula is C32H54O4. The predicted octanol–water partition coefficient (Wildman–Crippen LogP) is 6.76. The molecule has 0 aromatic heterocycles. The highest BCUT2D eigenvalue weighted by Gasteiger charge is 2.75. The first-order chi connectivity index (χ1) is 16.4. The smallest absolute Gasteiger partial charge is 0.303 e. The summed E-state index contributed by atoms with van der Waals surface area (Å²) < 4.78 is 6.16. The highest BCUT2D eigenvalue weighted by Crippen LogP contribution is 2.78. The molecule has 0 saturated heterocycles. The van der Waals surface area contributed by atoms with Crippen molar-refractivity contribution in [3.8, 4) is 0 Å². The number of hydrogen-bond donors (Lipinski definition) is 2. The largest absolute Gasteiger partial charge is 0.459 e. The zero-order valence-corrected chi connectivity index (χ0v) is 24.6. The number of hydrogen-bond acceptors (Lipinski definition) is 4. The summed E-state index contributed by atoms with van der Waals surface area (Å²) in [4.78, 5) is 12.4. The standard InChI is InChI=1S/C32H54O4/c1-19(33)36-24-25-27(2,3)15-10-16-30(25,7)23-12-11-22-29(6)17-13-20(28(4,5)35)21(29)14-18-31(22,8)32(23,9)26(24)34/h20-26,34-35H,10-18H2,1-9H3/t20-,21-,22+,23+,24+,25-,26+,29-,30+,31+,32-/m0/s1. The van der Waals surface area contributed by atoms with Crippen molar-refractivity contribution < 1.29 is 19.7 Å². The summed E-state index contributed by atoms with van der Waals surface area (Å²) in [5.74, 6) is 1.74. The fourth-order valence-corrected chi connectivity index (χ4v) is 12.5. The second-order valence-electron chi connectivity index (χ2n) is 16.2. The zero-order chi connectivity index (χ0) is 26.7. The summed E-state index contributed by atoms with van der Waals surface area (Å²) >= 11 is 0. The highest BCUT2D eigenvalue weighted by molar-refractivity contribution is 5.66. The van der Waals surface area contributed by atoms with Crippen molar-refractivity contribution in [1.82, 2.24) is 0 Å². The van der Waals surface area contributed by atoms with Crippen LogP contribution in [0.1, 0.15) is 120 Å². The maximum absolute atomic E-state index is 12.5. The molecule has 4 nitrogen and oxygen atoms in total. The molecule has 5 saturated carbocycles. The number of fused-ring (bicyclic) bond motifs is 7. The molecule has 5 rings (SSSR count). The van der Waals surface area contributed by atoms with Crippen LogP contribution >= 0.6 is 0 Å². The van der Waals surface area contributed by atoms with Gasteiger partial charge in [-0.2, -0.15) is 0 Å². The molecule has 4 heteroatoms. The predicted molar refractivity (Wildman–Crippen MR) is 143 cm³/mol. The van der Waals surface area contributed by atoms with Gasteiger partial charge in [0.1, 0.15) is 6.10 Å². The van der Waals surface area contributed by atoms with Gasteiger partial charge in [0.2, 0.25) is 0 Å². The van der Waals surface area contributed by atoms with Gasteiger partial charge >= 0.3 is 5.97 Å². The molecule has 0 aromatic rings. The Morgan fingerprint density at radius 2 is 1.50 bits per heavy atom. The van der Waals surface area contributed by atoms with Crippen molar-refractivity contribution in [2.75, 3.05) is 0 Å². The molecule has 0 aliphatic heterocycles. The van der Waals surface area contributed by atoms with Crippen molar-refractivity contribution in [2.45, 2.75) is 138 Å². The van der Waals surface area contributed by atoms with Crippen LogP contribution in [0.2, 0.25) is 0 Å². The number of ether oxygens (including phenoxy) is 1. The van der Waals surface area contributed by atoms with Crippen LogP contribution in [0.25, 0.3) is 0 Å². The molecule has 5 fully saturated rings. The summed E-state index contributed by atoms with van der Waals surface area (Å²) in [6.45, 7) is 20.1. The maximum atomic E-state index is 12.5. The monoisotopic (exact) mass is 502 g/mol. The molecule has 2 N–H and O–H groups in total. The first-order valence-corrected chi connectivity index (χ1v) is 15.0. The normalized spacial score (nSPS) is 54.0. The average Bonchev–Trinajstić information content (AvgIpc) is 3.09. The van der Waals surface area contributed by atoms with E-state index in [1.54, 1.807) is 0 Å². The average molecular weight is 503 g/mol. The summed E-state index contributed by atoms with van der Waals surface area (Å²) in [6, 6.07) is 0. The van der Waals surface area contributed by atoms with Gasteiger partial charge in [-0.1, -0.05) is 48.0 Å². The summed E-state index contributed by atoms with van der Waals surface area (Å²) in [5.41, 5.74) is -0.712. The lowest BCUT2D eigenvalue weighted by Gasteiger charge is -2.75. The topological polar surface area (TPSA) is 66.8 Å². The van der Waals surface area contributed by atoms with E-state index in [2.05, 4.69) is 41.5 Å². The lowest BCUT2D eigenvalue weighted by Crippen LogP contribution is -2.74. The van der Waals surface area contributed by atoms with Crippen LogP contribution in [0, 0.1) is 56.7 Å². The molecule has 0 radical (unpaired) electrons. The highest BCUT2D eigenvalue weighted by atomic mass is 16.6. The molecule has 0 amide bonds. The number of esters is 1. The summed E-state index contributed by atoms with van der Waals surface area (Å²) in [5, 5.41) is 23.5. The van der Waals surface area contributed by atoms with E-state index in [0.717, 1.165) is 38.5 Å². The fourth-order valence-electron chi connectivity index (χ4n) is 12.5. The zero-order valence-electron chi connectivity index (χ0n) is 24.6. The van der Waals surface area contributed by atoms with Crippen LogP contribution in [-0.4, -0.2) is 34.0 Å². The van der Waals surface area contributed by atoms with Crippen molar-refractivity contribution in [1.29, 1.82) is 0 Å². The van der Waals surface area contributed by atoms with Gasteiger partial charge in [-0.3, -0.25) is 4.79 Å². The Morgan fingerprint density at radius 3 is 2.11 bits per heavy atom. The number of rotatable bonds is 2. The van der Waals surface area contributed by atoms with E-state index in [-0.39, 0.29) is 39.0 Å². The van der Waals surface area contributed by atoms with Gasteiger partial charge in [0, 0.05) is 18.3 Å². The molecule has 206 valence electrons. The lowest BCUT2D eigenvalue weighted by molar-refractivity contribution is -0.312. The van der Waals surface area contributed by atoms with E-state index < -0.39 is 17.8 Å². The van der Waals surface area contributed by atoms with Gasteiger partial charge < -0.3 is 14.9 Å². The lowest BCUT2D eigenvalue weighted by atomic mass is 9.31. The minimum atomic E-state index is -0.652. The van der Waals surface area contributed by atoms with E-state index in [9.17, 15) is 15.0 Å². The van der Waals surface area contributed by atoms with Gasteiger partial charge in [-0.25, -0.2) is 0 Å². The Kier molecular flexibility index (Phi) is 5.97. The van der Waals surface area contributed by atoms with E-state index in [4.69, 9.17) is 4.74 Å². The van der Waals surface area contributed by atoms with Crippen LogP contribution in [0.3, 0.4) is 0 Å². The maximum Gasteiger partial charge on any atom is 0.303 e. The minimum Gasteiger partial charge on any atom is -0.459 e. The third-order valence-electron chi connectivity index (χ3n) is 13.9. The second-order valence-corrected chi connectivity index (χ2v) is 16.2. The number of aliphatic hydroxyl groups is 2. The third-order valence-corrected chi connectivity index (χ3v) is 13.9. The number of carbonyl (C=O) groups excluding carboxylic acids is 1. The van der Waals surface area contributed by atoms with Gasteiger partial charge in [0.05, 0.1) is 11.7 Å². The molecule has 0 heterocycles. The molecular weight excluding hydrogens is 448 g/mol. The van der Waals surface area contributed by atoms with Crippen molar-refractivity contribution in [3.63, 3.8) is 0 Å². The number of aliphatic hydroxyl groups excluding tert-OH is 1. The third kappa shape index (κ3) is 3.28. The molecule has 11 atom stereocenters. The summed E-state index contributed by atoms with van der Waals surface area (Å²) in [7, 11) is 0.